The summed E-state index contributed by atoms with van der Waals surface area (Å²) in [6.07, 6.45) is 7.19. The topological polar surface area (TPSA) is 30.7 Å². The van der Waals surface area contributed by atoms with Gasteiger partial charge in [0.15, 0.2) is 0 Å². The molecule has 0 radical (unpaired) electrons. The van der Waals surface area contributed by atoms with Crippen molar-refractivity contribution in [1.82, 2.24) is 15.0 Å². The van der Waals surface area contributed by atoms with E-state index in [1.54, 1.807) is 0 Å². The van der Waals surface area contributed by atoms with Gasteiger partial charge in [0.05, 0.1) is 5.69 Å². The van der Waals surface area contributed by atoms with Crippen LogP contribution in [0, 0.1) is 0 Å². The van der Waals surface area contributed by atoms with Crippen LogP contribution in [-0.4, -0.2) is 15.0 Å². The zero-order valence-electron chi connectivity index (χ0n) is 9.53. The zero-order chi connectivity index (χ0) is 10.4. The Morgan fingerprint density at radius 1 is 1.29 bits per heavy atom. The molecule has 0 N–H and O–H groups in total. The molecule has 0 bridgehead atoms. The van der Waals surface area contributed by atoms with Gasteiger partial charge in [-0.2, -0.15) is 0 Å². The maximum atomic E-state index is 4.13. The van der Waals surface area contributed by atoms with Crippen molar-refractivity contribution in [2.24, 2.45) is 0 Å². The molecule has 0 aliphatic rings. The van der Waals surface area contributed by atoms with E-state index in [2.05, 4.69) is 37.3 Å². The smallest absolute Gasteiger partial charge is 0.0852 e. The highest BCUT2D eigenvalue weighted by Crippen LogP contribution is 2.09. The van der Waals surface area contributed by atoms with E-state index < -0.39 is 0 Å². The van der Waals surface area contributed by atoms with E-state index in [4.69, 9.17) is 0 Å². The second-order valence-corrected chi connectivity index (χ2v) is 4.12. The molecule has 1 rings (SSSR count). The number of unbranched alkanes of at least 4 members (excludes halogenated alkanes) is 3. The monoisotopic (exact) mass is 195 g/mol. The fourth-order valence-corrected chi connectivity index (χ4v) is 1.39. The molecule has 14 heavy (non-hydrogen) atoms. The van der Waals surface area contributed by atoms with Crippen LogP contribution in [0.3, 0.4) is 0 Å². The van der Waals surface area contributed by atoms with Gasteiger partial charge in [0.1, 0.15) is 0 Å². The Morgan fingerprint density at radius 3 is 2.64 bits per heavy atom. The lowest BCUT2D eigenvalue weighted by Gasteiger charge is -1.99. The Bertz CT molecular complexity index is 253. The molecule has 0 aliphatic heterocycles. The van der Waals surface area contributed by atoms with Crippen molar-refractivity contribution in [3.8, 4) is 0 Å². The van der Waals surface area contributed by atoms with Gasteiger partial charge in [0.25, 0.3) is 0 Å². The lowest BCUT2D eigenvalue weighted by atomic mass is 10.1. The Morgan fingerprint density at radius 2 is 2.07 bits per heavy atom. The first-order chi connectivity index (χ1) is 6.74. The van der Waals surface area contributed by atoms with Gasteiger partial charge in [-0.3, -0.25) is 4.68 Å². The predicted octanol–water partition coefficient (Wildman–Crippen LogP) is 2.98. The third kappa shape index (κ3) is 3.48. The van der Waals surface area contributed by atoms with Crippen LogP contribution < -0.4 is 0 Å². The molecule has 0 fully saturated rings. The van der Waals surface area contributed by atoms with E-state index in [1.165, 1.54) is 25.7 Å². The summed E-state index contributed by atoms with van der Waals surface area (Å²) in [6.45, 7) is 7.53. The molecular weight excluding hydrogens is 174 g/mol. The van der Waals surface area contributed by atoms with Gasteiger partial charge >= 0.3 is 0 Å². The third-order valence-electron chi connectivity index (χ3n) is 2.39. The zero-order valence-corrected chi connectivity index (χ0v) is 9.53. The molecule has 1 heterocycles. The Labute approximate surface area is 86.5 Å². The molecular formula is C11H21N3. The van der Waals surface area contributed by atoms with Crippen LogP contribution in [-0.2, 0) is 6.54 Å². The number of hydrogen-bond donors (Lipinski definition) is 0. The first-order valence-electron chi connectivity index (χ1n) is 5.64. The Balaban J connectivity index is 2.29. The van der Waals surface area contributed by atoms with Crippen LogP contribution >= 0.6 is 0 Å². The number of hydrogen-bond acceptors (Lipinski definition) is 2. The van der Waals surface area contributed by atoms with E-state index in [-0.39, 0.29) is 0 Å². The average molecular weight is 195 g/mol. The van der Waals surface area contributed by atoms with Crippen molar-refractivity contribution in [2.45, 2.75) is 58.9 Å². The van der Waals surface area contributed by atoms with Crippen molar-refractivity contribution in [3.63, 3.8) is 0 Å². The summed E-state index contributed by atoms with van der Waals surface area (Å²) in [6, 6.07) is 0. The standard InChI is InChI=1S/C11H21N3/c1-4-5-6-7-8-14-9-11(10(2)3)12-13-14/h9-10H,4-8H2,1-3H3. The summed E-state index contributed by atoms with van der Waals surface area (Å²) in [7, 11) is 0. The van der Waals surface area contributed by atoms with E-state index in [9.17, 15) is 0 Å². The van der Waals surface area contributed by atoms with Crippen LogP contribution in [0.15, 0.2) is 6.20 Å². The van der Waals surface area contributed by atoms with E-state index in [0.717, 1.165) is 12.2 Å². The van der Waals surface area contributed by atoms with Crippen LogP contribution in [0.1, 0.15) is 58.1 Å². The molecule has 0 amide bonds. The van der Waals surface area contributed by atoms with Gasteiger partial charge in [-0.15, -0.1) is 5.10 Å². The predicted molar refractivity (Wildman–Crippen MR) is 58.3 cm³/mol. The van der Waals surface area contributed by atoms with Gasteiger partial charge in [-0.05, 0) is 12.3 Å². The van der Waals surface area contributed by atoms with Crippen molar-refractivity contribution < 1.29 is 0 Å². The molecule has 3 nitrogen and oxygen atoms in total. The molecule has 80 valence electrons. The van der Waals surface area contributed by atoms with Crippen LogP contribution in [0.2, 0.25) is 0 Å². The molecule has 0 spiro atoms. The van der Waals surface area contributed by atoms with Crippen molar-refractivity contribution in [2.75, 3.05) is 0 Å². The average Bonchev–Trinajstić information content (AvgIpc) is 2.61. The van der Waals surface area contributed by atoms with Gasteiger partial charge in [0, 0.05) is 12.7 Å². The molecule has 0 unspecified atom stereocenters. The normalized spacial score (nSPS) is 11.1. The minimum atomic E-state index is 0.486. The number of aryl methyl sites for hydroxylation is 1. The van der Waals surface area contributed by atoms with E-state index in [0.29, 0.717) is 5.92 Å². The summed E-state index contributed by atoms with van der Waals surface area (Å²) in [5, 5.41) is 8.23. The first-order valence-corrected chi connectivity index (χ1v) is 5.64. The number of aromatic nitrogens is 3. The van der Waals surface area contributed by atoms with Gasteiger partial charge < -0.3 is 0 Å². The minimum Gasteiger partial charge on any atom is -0.252 e. The molecule has 0 atom stereocenters. The summed E-state index contributed by atoms with van der Waals surface area (Å²) >= 11 is 0. The molecule has 1 aromatic heterocycles. The lowest BCUT2D eigenvalue weighted by molar-refractivity contribution is 0.527. The summed E-state index contributed by atoms with van der Waals surface area (Å²) in [4.78, 5) is 0. The molecule has 0 aromatic carbocycles. The molecule has 3 heteroatoms. The van der Waals surface area contributed by atoms with E-state index >= 15 is 0 Å². The fourth-order valence-electron chi connectivity index (χ4n) is 1.39. The van der Waals surface area contributed by atoms with Gasteiger partial charge in [-0.25, -0.2) is 0 Å². The van der Waals surface area contributed by atoms with Crippen molar-refractivity contribution in [1.29, 1.82) is 0 Å². The van der Waals surface area contributed by atoms with Gasteiger partial charge in [-0.1, -0.05) is 45.2 Å². The number of nitrogens with zero attached hydrogens (tertiary/aromatic N) is 3. The highest BCUT2D eigenvalue weighted by atomic mass is 15.4. The fraction of sp³-hybridized carbons (Fsp3) is 0.818. The van der Waals surface area contributed by atoms with Gasteiger partial charge in [0.2, 0.25) is 0 Å². The van der Waals surface area contributed by atoms with Crippen molar-refractivity contribution >= 4 is 0 Å². The minimum absolute atomic E-state index is 0.486. The highest BCUT2D eigenvalue weighted by molar-refractivity contribution is 4.97. The third-order valence-corrected chi connectivity index (χ3v) is 2.39. The van der Waals surface area contributed by atoms with Crippen LogP contribution in [0.4, 0.5) is 0 Å². The second-order valence-electron chi connectivity index (χ2n) is 4.12. The molecule has 0 saturated heterocycles. The first kappa shape index (κ1) is 11.2. The van der Waals surface area contributed by atoms with Crippen LogP contribution in [0.25, 0.3) is 0 Å². The summed E-state index contributed by atoms with van der Waals surface area (Å²) in [5.74, 6) is 0.486. The maximum Gasteiger partial charge on any atom is 0.0852 e. The summed E-state index contributed by atoms with van der Waals surface area (Å²) < 4.78 is 1.96. The molecule has 0 aliphatic carbocycles. The second kappa shape index (κ2) is 5.78. The quantitative estimate of drug-likeness (QED) is 0.653. The van der Waals surface area contributed by atoms with Crippen molar-refractivity contribution in [3.05, 3.63) is 11.9 Å². The van der Waals surface area contributed by atoms with E-state index in [1.807, 2.05) is 4.68 Å². The lowest BCUT2D eigenvalue weighted by Crippen LogP contribution is -1.98. The largest absolute Gasteiger partial charge is 0.252 e. The summed E-state index contributed by atoms with van der Waals surface area (Å²) in [5.41, 5.74) is 1.10. The Kier molecular flexibility index (Phi) is 4.63. The molecule has 1 aromatic rings. The maximum absolute atomic E-state index is 4.13. The van der Waals surface area contributed by atoms with Crippen LogP contribution in [0.5, 0.6) is 0 Å². The number of rotatable bonds is 6. The highest BCUT2D eigenvalue weighted by Gasteiger charge is 2.03. The molecule has 0 saturated carbocycles. The Hall–Kier alpha value is -0.860. The SMILES string of the molecule is CCCCCCn1cc(C(C)C)nn1.